The maximum Gasteiger partial charge on any atom is 0.199 e. The highest BCUT2D eigenvalue weighted by molar-refractivity contribution is 6.05. The van der Waals surface area contributed by atoms with Gasteiger partial charge in [0.25, 0.3) is 0 Å². The number of hydrogen-bond acceptors (Lipinski definition) is 8. The van der Waals surface area contributed by atoms with Crippen LogP contribution in [0, 0.1) is 0 Å². The molecule has 3 aliphatic rings. The van der Waals surface area contributed by atoms with E-state index in [-0.39, 0.29) is 24.3 Å². The van der Waals surface area contributed by atoms with Gasteiger partial charge in [0.1, 0.15) is 12.0 Å². The van der Waals surface area contributed by atoms with Gasteiger partial charge in [0.05, 0.1) is 18.7 Å². The van der Waals surface area contributed by atoms with Gasteiger partial charge in [-0.2, -0.15) is 0 Å². The summed E-state index contributed by atoms with van der Waals surface area (Å²) in [5.41, 5.74) is 7.93. The van der Waals surface area contributed by atoms with Crippen molar-refractivity contribution in [1.29, 1.82) is 0 Å². The Morgan fingerprint density at radius 1 is 1.33 bits per heavy atom. The van der Waals surface area contributed by atoms with Gasteiger partial charge in [0.2, 0.25) is 0 Å². The van der Waals surface area contributed by atoms with Crippen molar-refractivity contribution in [3.8, 4) is 0 Å². The van der Waals surface area contributed by atoms with Crippen LogP contribution in [-0.4, -0.2) is 93.5 Å². The van der Waals surface area contributed by atoms with Crippen molar-refractivity contribution in [3.05, 3.63) is 11.6 Å². The second-order valence-electron chi connectivity index (χ2n) is 8.18. The van der Waals surface area contributed by atoms with E-state index in [4.69, 9.17) is 20.5 Å². The van der Waals surface area contributed by atoms with Crippen LogP contribution in [0.2, 0.25) is 0 Å². The molecule has 1 fully saturated rings. The molecule has 0 aromatic rings. The second-order valence-corrected chi connectivity index (χ2v) is 8.18. The fraction of sp³-hybridized carbons (Fsp3) is 0.810. The quantitative estimate of drug-likeness (QED) is 0.269. The number of nitrogens with one attached hydrogen (secondary N) is 4. The zero-order valence-electron chi connectivity index (χ0n) is 18.8. The molecule has 9 heteroatoms. The average molecular weight is 421 g/mol. The Hall–Kier alpha value is -1.52. The molecule has 0 aliphatic carbocycles. The summed E-state index contributed by atoms with van der Waals surface area (Å²) in [7, 11) is 0. The lowest BCUT2D eigenvalue weighted by atomic mass is 9.96. The number of hydrogen-bond donors (Lipinski definition) is 5. The molecule has 170 valence electrons. The summed E-state index contributed by atoms with van der Waals surface area (Å²) in [4.78, 5) is 12.4. The average Bonchev–Trinajstić information content (AvgIpc) is 2.77. The van der Waals surface area contributed by atoms with Gasteiger partial charge < -0.3 is 31.3 Å². The number of piperazine rings is 1. The molecule has 0 aromatic heterocycles. The fourth-order valence-electron chi connectivity index (χ4n) is 4.05. The van der Waals surface area contributed by atoms with Crippen LogP contribution in [0.4, 0.5) is 0 Å². The third-order valence-corrected chi connectivity index (χ3v) is 5.88. The minimum absolute atomic E-state index is 0.0293. The third-order valence-electron chi connectivity index (χ3n) is 5.88. The van der Waals surface area contributed by atoms with Gasteiger partial charge in [0, 0.05) is 51.9 Å². The molecule has 3 unspecified atom stereocenters. The molecule has 30 heavy (non-hydrogen) atoms. The molecule has 0 radical (unpaired) electrons. The molecule has 3 aliphatic heterocycles. The maximum atomic E-state index is 6.56. The standard InChI is InChI=1S/C21H40N8O/c1-4-16(22)18-19(25-10-13-30-5-2)20(26-17-14-15(3)6-7-24-17)28-21(27-18)29-11-8-23-9-12-29/h14,16-19,23-25H,4-13,22H2,1-3H3,(H,26,27,28)/t16-,17?,18?,19?/m1/s1. The lowest BCUT2D eigenvalue weighted by Crippen LogP contribution is -2.65. The summed E-state index contributed by atoms with van der Waals surface area (Å²) in [6.45, 7) is 13.1. The zero-order valence-corrected chi connectivity index (χ0v) is 18.8. The van der Waals surface area contributed by atoms with Crippen LogP contribution < -0.4 is 27.0 Å². The predicted octanol–water partition coefficient (Wildman–Crippen LogP) is -0.384. The summed E-state index contributed by atoms with van der Waals surface area (Å²) >= 11 is 0. The van der Waals surface area contributed by atoms with Crippen LogP contribution in [0.3, 0.4) is 0 Å². The summed E-state index contributed by atoms with van der Waals surface area (Å²) < 4.78 is 5.54. The topological polar surface area (TPSA) is 111 Å². The molecule has 0 saturated carbocycles. The Kier molecular flexibility index (Phi) is 9.07. The van der Waals surface area contributed by atoms with Gasteiger partial charge in [0.15, 0.2) is 5.96 Å². The van der Waals surface area contributed by atoms with Crippen molar-refractivity contribution in [2.75, 3.05) is 52.5 Å². The number of guanidine groups is 1. The van der Waals surface area contributed by atoms with E-state index in [9.17, 15) is 0 Å². The third kappa shape index (κ3) is 6.24. The lowest BCUT2D eigenvalue weighted by Gasteiger charge is -2.40. The first-order valence-electron chi connectivity index (χ1n) is 11.5. The van der Waals surface area contributed by atoms with E-state index in [2.05, 4.69) is 46.1 Å². The second kappa shape index (κ2) is 11.8. The largest absolute Gasteiger partial charge is 0.380 e. The fourth-order valence-corrected chi connectivity index (χ4v) is 4.05. The Bertz CT molecular complexity index is 628. The van der Waals surface area contributed by atoms with Gasteiger partial charge in [-0.25, -0.2) is 9.98 Å². The van der Waals surface area contributed by atoms with Crippen LogP contribution in [0.5, 0.6) is 0 Å². The molecule has 0 aromatic carbocycles. The number of nitrogens with two attached hydrogens (primary N) is 1. The van der Waals surface area contributed by atoms with Crippen molar-refractivity contribution in [2.24, 2.45) is 15.7 Å². The maximum absolute atomic E-state index is 6.56. The number of aliphatic imine (C=N–C) groups is 2. The monoisotopic (exact) mass is 420 g/mol. The molecule has 6 N–H and O–H groups in total. The molecule has 9 nitrogen and oxygen atoms in total. The van der Waals surface area contributed by atoms with Crippen LogP contribution in [-0.2, 0) is 4.74 Å². The lowest BCUT2D eigenvalue weighted by molar-refractivity contribution is 0.147. The number of ether oxygens (including phenoxy) is 1. The van der Waals surface area contributed by atoms with E-state index in [1.165, 1.54) is 5.57 Å². The van der Waals surface area contributed by atoms with Crippen LogP contribution in [0.25, 0.3) is 0 Å². The normalized spacial score (nSPS) is 29.9. The van der Waals surface area contributed by atoms with Gasteiger partial charge in [-0.05, 0) is 32.8 Å². The Balaban J connectivity index is 1.87. The molecule has 0 amide bonds. The molecule has 4 atom stereocenters. The smallest absolute Gasteiger partial charge is 0.199 e. The predicted molar refractivity (Wildman–Crippen MR) is 123 cm³/mol. The van der Waals surface area contributed by atoms with Crippen molar-refractivity contribution in [3.63, 3.8) is 0 Å². The van der Waals surface area contributed by atoms with Crippen molar-refractivity contribution in [1.82, 2.24) is 26.2 Å². The van der Waals surface area contributed by atoms with E-state index >= 15 is 0 Å². The van der Waals surface area contributed by atoms with Crippen LogP contribution >= 0.6 is 0 Å². The Morgan fingerprint density at radius 2 is 2.13 bits per heavy atom. The number of nitrogens with zero attached hydrogens (tertiary/aromatic N) is 3. The zero-order chi connectivity index (χ0) is 21.3. The first-order chi connectivity index (χ1) is 14.6. The van der Waals surface area contributed by atoms with Gasteiger partial charge >= 0.3 is 0 Å². The SMILES string of the molecule is CCOCCNC1/C(=N/C2C=C(C)CCN2)NC(N2CCNCC2)=NC1[C@H](N)CC. The molecular weight excluding hydrogens is 380 g/mol. The van der Waals surface area contributed by atoms with Gasteiger partial charge in [-0.15, -0.1) is 0 Å². The van der Waals surface area contributed by atoms with E-state index in [0.29, 0.717) is 13.2 Å². The minimum atomic E-state index is -0.0739. The van der Waals surface area contributed by atoms with E-state index < -0.39 is 0 Å². The number of amidine groups is 1. The summed E-state index contributed by atoms with van der Waals surface area (Å²) in [5.74, 6) is 1.80. The highest BCUT2D eigenvalue weighted by Crippen LogP contribution is 2.16. The van der Waals surface area contributed by atoms with Crippen molar-refractivity contribution in [2.45, 2.75) is 57.9 Å². The molecule has 3 rings (SSSR count). The molecule has 0 spiro atoms. The highest BCUT2D eigenvalue weighted by Gasteiger charge is 2.36. The highest BCUT2D eigenvalue weighted by atomic mass is 16.5. The first-order valence-corrected chi connectivity index (χ1v) is 11.5. The van der Waals surface area contributed by atoms with E-state index in [1.807, 2.05) is 6.92 Å². The van der Waals surface area contributed by atoms with Crippen molar-refractivity contribution >= 4 is 11.8 Å². The summed E-state index contributed by atoms with van der Waals surface area (Å²) in [5, 5.41) is 14.1. The molecule has 0 bridgehead atoms. The minimum Gasteiger partial charge on any atom is -0.380 e. The number of rotatable bonds is 8. The van der Waals surface area contributed by atoms with E-state index in [1.54, 1.807) is 0 Å². The summed E-state index contributed by atoms with van der Waals surface area (Å²) in [6, 6.07) is -0.184. The van der Waals surface area contributed by atoms with Gasteiger partial charge in [-0.3, -0.25) is 5.32 Å². The van der Waals surface area contributed by atoms with Gasteiger partial charge in [-0.1, -0.05) is 12.5 Å². The first kappa shape index (κ1) is 23.1. The Labute approximate surface area is 181 Å². The molecular formula is C21H40N8O. The molecule has 3 heterocycles. The van der Waals surface area contributed by atoms with Crippen LogP contribution in [0.1, 0.15) is 33.6 Å². The van der Waals surface area contributed by atoms with E-state index in [0.717, 1.165) is 63.9 Å². The summed E-state index contributed by atoms with van der Waals surface area (Å²) in [6.07, 6.45) is 4.11. The molecule has 1 saturated heterocycles. The van der Waals surface area contributed by atoms with Crippen LogP contribution in [0.15, 0.2) is 21.6 Å². The van der Waals surface area contributed by atoms with Crippen molar-refractivity contribution < 1.29 is 4.74 Å². The Morgan fingerprint density at radius 3 is 2.83 bits per heavy atom.